The first kappa shape index (κ1) is 5.72. The molecule has 0 aromatic heterocycles. The van der Waals surface area contributed by atoms with Crippen molar-refractivity contribution in [3.05, 3.63) is 23.3 Å². The molecule has 0 amide bonds. The fourth-order valence-electron chi connectivity index (χ4n) is 0.423. The third-order valence-corrected chi connectivity index (χ3v) is 1.57. The van der Waals surface area contributed by atoms with Crippen molar-refractivity contribution in [1.29, 1.82) is 0 Å². The van der Waals surface area contributed by atoms with Gasteiger partial charge in [0.05, 0.1) is 6.61 Å². The number of aliphatic hydroxyl groups is 1. The molecule has 0 saturated carbocycles. The smallest absolute Gasteiger partial charge is 0.0758 e. The van der Waals surface area contributed by atoms with Gasteiger partial charge in [0, 0.05) is 11.1 Å². The van der Waals surface area contributed by atoms with E-state index in [4.69, 9.17) is 5.11 Å². The molecule has 1 heterocycles. The second-order valence-electron chi connectivity index (χ2n) is 1.37. The molecule has 8 heavy (non-hydrogen) atoms. The van der Waals surface area contributed by atoms with E-state index in [1.807, 2.05) is 18.4 Å². The van der Waals surface area contributed by atoms with Crippen molar-refractivity contribution in [2.45, 2.75) is 0 Å². The second kappa shape index (κ2) is 2.79. The van der Waals surface area contributed by atoms with E-state index in [2.05, 4.69) is 4.72 Å². The van der Waals surface area contributed by atoms with Crippen LogP contribution in [0.3, 0.4) is 0 Å². The van der Waals surface area contributed by atoms with Crippen LogP contribution in [-0.2, 0) is 0 Å². The van der Waals surface area contributed by atoms with Gasteiger partial charge in [0.15, 0.2) is 0 Å². The highest BCUT2D eigenvalue weighted by atomic mass is 32.2. The molecular formula is C5H7NOS. The molecule has 2 nitrogen and oxygen atoms in total. The van der Waals surface area contributed by atoms with Crippen LogP contribution >= 0.6 is 11.9 Å². The van der Waals surface area contributed by atoms with E-state index in [-0.39, 0.29) is 6.61 Å². The van der Waals surface area contributed by atoms with Gasteiger partial charge in [-0.1, -0.05) is 0 Å². The van der Waals surface area contributed by atoms with E-state index in [1.54, 1.807) is 0 Å². The van der Waals surface area contributed by atoms with E-state index in [9.17, 15) is 0 Å². The Morgan fingerprint density at radius 3 is 3.00 bits per heavy atom. The summed E-state index contributed by atoms with van der Waals surface area (Å²) in [4.78, 5) is 0.951. The van der Waals surface area contributed by atoms with Gasteiger partial charge in [-0.25, -0.2) is 0 Å². The van der Waals surface area contributed by atoms with Crippen LogP contribution in [-0.4, -0.2) is 11.7 Å². The average molecular weight is 129 g/mol. The van der Waals surface area contributed by atoms with Crippen LogP contribution in [0.2, 0.25) is 0 Å². The van der Waals surface area contributed by atoms with Crippen molar-refractivity contribution >= 4 is 11.9 Å². The first-order valence-electron chi connectivity index (χ1n) is 2.32. The molecule has 0 fully saturated rings. The molecule has 0 aromatic carbocycles. The number of hydrogen-bond acceptors (Lipinski definition) is 3. The van der Waals surface area contributed by atoms with Gasteiger partial charge < -0.3 is 9.83 Å². The van der Waals surface area contributed by atoms with Gasteiger partial charge >= 0.3 is 0 Å². The summed E-state index contributed by atoms with van der Waals surface area (Å²) in [7, 11) is 0. The molecular weight excluding hydrogens is 122 g/mol. The lowest BCUT2D eigenvalue weighted by Crippen LogP contribution is -1.98. The van der Waals surface area contributed by atoms with Gasteiger partial charge in [0.2, 0.25) is 0 Å². The van der Waals surface area contributed by atoms with Crippen molar-refractivity contribution in [3.8, 4) is 0 Å². The van der Waals surface area contributed by atoms with Crippen molar-refractivity contribution in [2.24, 2.45) is 0 Å². The van der Waals surface area contributed by atoms with Gasteiger partial charge in [0.25, 0.3) is 0 Å². The van der Waals surface area contributed by atoms with Crippen molar-refractivity contribution in [1.82, 2.24) is 4.72 Å². The molecule has 0 unspecified atom stereocenters. The molecule has 3 heteroatoms. The number of hydrogen-bond donors (Lipinski definition) is 2. The Hall–Kier alpha value is -0.410. The lowest BCUT2D eigenvalue weighted by Gasteiger charge is -2.04. The minimum Gasteiger partial charge on any atom is -0.391 e. The van der Waals surface area contributed by atoms with E-state index in [0.717, 1.165) is 4.91 Å². The zero-order valence-corrected chi connectivity index (χ0v) is 5.11. The minimum atomic E-state index is 0.127. The molecule has 0 spiro atoms. The fourth-order valence-corrected chi connectivity index (χ4v) is 0.933. The number of rotatable bonds is 1. The molecule has 2 N–H and O–H groups in total. The molecule has 0 atom stereocenters. The molecule has 1 aliphatic heterocycles. The average Bonchev–Trinajstić information content (AvgIpc) is 1.90. The molecule has 44 valence electrons. The highest BCUT2D eigenvalue weighted by molar-refractivity contribution is 8.01. The second-order valence-corrected chi connectivity index (χ2v) is 2.33. The van der Waals surface area contributed by atoms with E-state index >= 15 is 0 Å². The maximum atomic E-state index is 8.53. The van der Waals surface area contributed by atoms with Crippen LogP contribution in [0.1, 0.15) is 0 Å². The summed E-state index contributed by atoms with van der Waals surface area (Å²) >= 11 is 1.44. The first-order valence-corrected chi connectivity index (χ1v) is 3.14. The minimum absolute atomic E-state index is 0.127. The lowest BCUT2D eigenvalue weighted by atomic mass is 10.5. The maximum absolute atomic E-state index is 8.53. The molecule has 1 aliphatic rings. The largest absolute Gasteiger partial charge is 0.391 e. The summed E-state index contributed by atoms with van der Waals surface area (Å²) in [6.45, 7) is 0.127. The molecule has 0 aliphatic carbocycles. The summed E-state index contributed by atoms with van der Waals surface area (Å²) in [5.74, 6) is 0. The summed E-state index contributed by atoms with van der Waals surface area (Å²) in [6.07, 6.45) is 5.56. The van der Waals surface area contributed by atoms with Gasteiger partial charge in [-0.3, -0.25) is 0 Å². The highest BCUT2D eigenvalue weighted by Gasteiger charge is 1.94. The molecule has 0 radical (unpaired) electrons. The Balaban J connectivity index is 2.50. The summed E-state index contributed by atoms with van der Waals surface area (Å²) in [5.41, 5.74) is 0. The van der Waals surface area contributed by atoms with E-state index in [1.165, 1.54) is 11.9 Å². The fraction of sp³-hybridized carbons (Fsp3) is 0.200. The van der Waals surface area contributed by atoms with E-state index < -0.39 is 0 Å². The molecule has 1 rings (SSSR count). The van der Waals surface area contributed by atoms with Crippen LogP contribution in [0.15, 0.2) is 23.3 Å². The summed E-state index contributed by atoms with van der Waals surface area (Å²) in [5, 5.41) is 8.53. The van der Waals surface area contributed by atoms with Crippen LogP contribution in [0, 0.1) is 0 Å². The number of aliphatic hydroxyl groups excluding tert-OH is 1. The molecule has 0 bridgehead atoms. The van der Waals surface area contributed by atoms with Crippen molar-refractivity contribution in [2.75, 3.05) is 6.61 Å². The standard InChI is InChI=1S/C5H7NOS/c7-4-5-2-1-3-6-8-5/h1-3,6-7H,4H2. The highest BCUT2D eigenvalue weighted by Crippen LogP contribution is 2.13. The SMILES string of the molecule is OCC1=CC=CNS1. The monoisotopic (exact) mass is 129 g/mol. The Morgan fingerprint density at radius 2 is 2.62 bits per heavy atom. The Morgan fingerprint density at radius 1 is 1.75 bits per heavy atom. The zero-order valence-electron chi connectivity index (χ0n) is 4.29. The van der Waals surface area contributed by atoms with Gasteiger partial charge in [-0.2, -0.15) is 0 Å². The third kappa shape index (κ3) is 1.28. The predicted octanol–water partition coefficient (Wildman–Crippen LogP) is 0.628. The topological polar surface area (TPSA) is 32.3 Å². The van der Waals surface area contributed by atoms with Gasteiger partial charge in [0.1, 0.15) is 0 Å². The van der Waals surface area contributed by atoms with Crippen LogP contribution in [0.25, 0.3) is 0 Å². The Labute approximate surface area is 52.4 Å². The van der Waals surface area contributed by atoms with Crippen LogP contribution in [0.4, 0.5) is 0 Å². The Bertz CT molecular complexity index is 130. The van der Waals surface area contributed by atoms with Crippen molar-refractivity contribution < 1.29 is 5.11 Å². The summed E-state index contributed by atoms with van der Waals surface area (Å²) in [6, 6.07) is 0. The van der Waals surface area contributed by atoms with Crippen molar-refractivity contribution in [3.63, 3.8) is 0 Å². The zero-order chi connectivity index (χ0) is 5.82. The maximum Gasteiger partial charge on any atom is 0.0758 e. The van der Waals surface area contributed by atoms with E-state index in [0.29, 0.717) is 0 Å². The van der Waals surface area contributed by atoms with Crippen LogP contribution < -0.4 is 4.72 Å². The summed E-state index contributed by atoms with van der Waals surface area (Å²) < 4.78 is 2.89. The van der Waals surface area contributed by atoms with Crippen LogP contribution in [0.5, 0.6) is 0 Å². The molecule has 0 saturated heterocycles. The third-order valence-electron chi connectivity index (χ3n) is 0.792. The Kier molecular flexibility index (Phi) is 2.00. The normalized spacial score (nSPS) is 17.4. The lowest BCUT2D eigenvalue weighted by molar-refractivity contribution is 0.339. The predicted molar refractivity (Wildman–Crippen MR) is 35.0 cm³/mol. The number of nitrogens with one attached hydrogen (secondary N) is 1. The molecule has 0 aromatic rings. The quantitative estimate of drug-likeness (QED) is 0.509. The first-order chi connectivity index (χ1) is 3.93. The van der Waals surface area contributed by atoms with Gasteiger partial charge in [-0.05, 0) is 24.1 Å². The van der Waals surface area contributed by atoms with Gasteiger partial charge in [-0.15, -0.1) is 0 Å². The number of allylic oxidation sites excluding steroid dienone is 2.